The minimum Gasteiger partial charge on any atom is -0.497 e. The summed E-state index contributed by atoms with van der Waals surface area (Å²) in [5, 5.41) is 2.90. The van der Waals surface area contributed by atoms with Crippen LogP contribution in [0.1, 0.15) is 21.9 Å². The molecular weight excluding hydrogens is 378 g/mol. The summed E-state index contributed by atoms with van der Waals surface area (Å²) < 4.78 is 11.1. The number of nitrogens with zero attached hydrogens (tertiary/aromatic N) is 2. The SMILES string of the molecule is COc1cccc(N2CCN(Cc3ccc(C(=O)NCc4ccccc4)o3)CC2)c1. The zero-order valence-electron chi connectivity index (χ0n) is 17.2. The second kappa shape index (κ2) is 9.50. The summed E-state index contributed by atoms with van der Waals surface area (Å²) in [5.41, 5.74) is 2.25. The number of rotatable bonds is 7. The van der Waals surface area contributed by atoms with Gasteiger partial charge >= 0.3 is 0 Å². The van der Waals surface area contributed by atoms with Gasteiger partial charge in [-0.2, -0.15) is 0 Å². The molecule has 1 amide bonds. The minimum absolute atomic E-state index is 0.187. The first kappa shape index (κ1) is 20.0. The van der Waals surface area contributed by atoms with Gasteiger partial charge in [-0.25, -0.2) is 0 Å². The Bertz CT molecular complexity index is 963. The van der Waals surface area contributed by atoms with Crippen molar-refractivity contribution in [3.63, 3.8) is 0 Å². The first-order chi connectivity index (χ1) is 14.7. The molecular formula is C24H27N3O3. The zero-order chi connectivity index (χ0) is 20.8. The average molecular weight is 405 g/mol. The third kappa shape index (κ3) is 5.02. The van der Waals surface area contributed by atoms with Gasteiger partial charge in [0, 0.05) is 44.5 Å². The van der Waals surface area contributed by atoms with Crippen LogP contribution in [0.3, 0.4) is 0 Å². The largest absolute Gasteiger partial charge is 0.497 e. The summed E-state index contributed by atoms with van der Waals surface area (Å²) in [6.07, 6.45) is 0. The first-order valence-electron chi connectivity index (χ1n) is 10.2. The predicted molar refractivity (Wildman–Crippen MR) is 117 cm³/mol. The molecule has 0 atom stereocenters. The van der Waals surface area contributed by atoms with E-state index >= 15 is 0 Å². The lowest BCUT2D eigenvalue weighted by Gasteiger charge is -2.35. The molecule has 0 radical (unpaired) electrons. The van der Waals surface area contributed by atoms with E-state index in [-0.39, 0.29) is 5.91 Å². The molecule has 1 N–H and O–H groups in total. The lowest BCUT2D eigenvalue weighted by Crippen LogP contribution is -2.45. The molecule has 0 aliphatic carbocycles. The Balaban J connectivity index is 1.26. The van der Waals surface area contributed by atoms with Gasteiger partial charge in [0.05, 0.1) is 13.7 Å². The van der Waals surface area contributed by atoms with Crippen molar-refractivity contribution in [2.45, 2.75) is 13.1 Å². The third-order valence-electron chi connectivity index (χ3n) is 5.35. The Morgan fingerprint density at radius 1 is 1.00 bits per heavy atom. The molecule has 6 heteroatoms. The number of anilines is 1. The fourth-order valence-corrected chi connectivity index (χ4v) is 3.64. The molecule has 1 aliphatic rings. The van der Waals surface area contributed by atoms with E-state index in [1.165, 1.54) is 5.69 Å². The fourth-order valence-electron chi connectivity index (χ4n) is 3.64. The Morgan fingerprint density at radius 3 is 2.57 bits per heavy atom. The lowest BCUT2D eigenvalue weighted by molar-refractivity contribution is 0.0919. The van der Waals surface area contributed by atoms with Crippen LogP contribution in [0.2, 0.25) is 0 Å². The Morgan fingerprint density at radius 2 is 1.80 bits per heavy atom. The van der Waals surface area contributed by atoms with E-state index in [1.54, 1.807) is 13.2 Å². The van der Waals surface area contributed by atoms with Gasteiger partial charge in [-0.15, -0.1) is 0 Å². The van der Waals surface area contributed by atoms with E-state index < -0.39 is 0 Å². The second-order valence-corrected chi connectivity index (χ2v) is 7.40. The molecule has 1 fully saturated rings. The summed E-state index contributed by atoms with van der Waals surface area (Å²) in [4.78, 5) is 17.1. The highest BCUT2D eigenvalue weighted by atomic mass is 16.5. The number of carbonyl (C=O) groups excluding carboxylic acids is 1. The zero-order valence-corrected chi connectivity index (χ0v) is 17.2. The average Bonchev–Trinajstić information content (AvgIpc) is 3.27. The predicted octanol–water partition coefficient (Wildman–Crippen LogP) is 3.54. The van der Waals surface area contributed by atoms with Crippen LogP contribution in [-0.4, -0.2) is 44.1 Å². The number of methoxy groups -OCH3 is 1. The molecule has 0 bridgehead atoms. The van der Waals surface area contributed by atoms with Crippen molar-refractivity contribution in [3.8, 4) is 5.75 Å². The number of amides is 1. The number of hydrogen-bond acceptors (Lipinski definition) is 5. The van der Waals surface area contributed by atoms with Crippen LogP contribution in [0.25, 0.3) is 0 Å². The quantitative estimate of drug-likeness (QED) is 0.652. The van der Waals surface area contributed by atoms with E-state index in [0.717, 1.165) is 43.3 Å². The Labute approximate surface area is 177 Å². The summed E-state index contributed by atoms with van der Waals surface area (Å²) in [7, 11) is 1.69. The Kier molecular flexibility index (Phi) is 6.35. The molecule has 156 valence electrons. The van der Waals surface area contributed by atoms with Crippen molar-refractivity contribution in [3.05, 3.63) is 83.8 Å². The minimum atomic E-state index is -0.187. The van der Waals surface area contributed by atoms with E-state index in [4.69, 9.17) is 9.15 Å². The molecule has 0 spiro atoms. The van der Waals surface area contributed by atoms with Crippen LogP contribution in [0, 0.1) is 0 Å². The highest BCUT2D eigenvalue weighted by Gasteiger charge is 2.19. The molecule has 30 heavy (non-hydrogen) atoms. The second-order valence-electron chi connectivity index (χ2n) is 7.40. The molecule has 1 saturated heterocycles. The van der Waals surface area contributed by atoms with E-state index in [9.17, 15) is 4.79 Å². The van der Waals surface area contributed by atoms with Gasteiger partial charge in [0.1, 0.15) is 11.5 Å². The van der Waals surface area contributed by atoms with Gasteiger partial charge in [-0.1, -0.05) is 36.4 Å². The highest BCUT2D eigenvalue weighted by Crippen LogP contribution is 2.22. The number of carbonyl (C=O) groups is 1. The van der Waals surface area contributed by atoms with Crippen LogP contribution < -0.4 is 15.0 Å². The molecule has 1 aliphatic heterocycles. The van der Waals surface area contributed by atoms with E-state index in [2.05, 4.69) is 27.2 Å². The third-order valence-corrected chi connectivity index (χ3v) is 5.35. The van der Waals surface area contributed by atoms with E-state index in [1.807, 2.05) is 48.5 Å². The van der Waals surface area contributed by atoms with Gasteiger partial charge in [0.2, 0.25) is 0 Å². The van der Waals surface area contributed by atoms with Crippen molar-refractivity contribution >= 4 is 11.6 Å². The van der Waals surface area contributed by atoms with Gasteiger partial charge < -0.3 is 19.4 Å². The first-order valence-corrected chi connectivity index (χ1v) is 10.2. The van der Waals surface area contributed by atoms with Crippen molar-refractivity contribution < 1.29 is 13.9 Å². The fraction of sp³-hybridized carbons (Fsp3) is 0.292. The topological polar surface area (TPSA) is 58.0 Å². The molecule has 0 saturated carbocycles. The van der Waals surface area contributed by atoms with E-state index in [0.29, 0.717) is 18.8 Å². The standard InChI is InChI=1S/C24H27N3O3/c1-29-21-9-5-8-20(16-21)27-14-12-26(13-15-27)18-22-10-11-23(30-22)24(28)25-17-19-6-3-2-4-7-19/h2-11,16H,12-15,17-18H2,1H3,(H,25,28). The Hall–Kier alpha value is -3.25. The maximum absolute atomic E-state index is 12.3. The summed E-state index contributed by atoms with van der Waals surface area (Å²) >= 11 is 0. The lowest BCUT2D eigenvalue weighted by atomic mass is 10.2. The van der Waals surface area contributed by atoms with Crippen molar-refractivity contribution in [2.75, 3.05) is 38.2 Å². The van der Waals surface area contributed by atoms with Gasteiger partial charge in [0.25, 0.3) is 5.91 Å². The molecule has 0 unspecified atom stereocenters. The normalized spacial score (nSPS) is 14.5. The number of ether oxygens (including phenoxy) is 1. The summed E-state index contributed by atoms with van der Waals surface area (Å²) in [5.74, 6) is 1.86. The number of nitrogens with one attached hydrogen (secondary N) is 1. The number of hydrogen-bond donors (Lipinski definition) is 1. The van der Waals surface area contributed by atoms with Crippen LogP contribution in [0.5, 0.6) is 5.75 Å². The number of furan rings is 1. The van der Waals surface area contributed by atoms with Gasteiger partial charge in [-0.05, 0) is 29.8 Å². The van der Waals surface area contributed by atoms with Crippen LogP contribution in [-0.2, 0) is 13.1 Å². The maximum Gasteiger partial charge on any atom is 0.287 e. The van der Waals surface area contributed by atoms with Crippen molar-refractivity contribution in [2.24, 2.45) is 0 Å². The van der Waals surface area contributed by atoms with Gasteiger partial charge in [-0.3, -0.25) is 9.69 Å². The number of piperazine rings is 1. The molecule has 4 rings (SSSR count). The van der Waals surface area contributed by atoms with Gasteiger partial charge in [0.15, 0.2) is 5.76 Å². The summed E-state index contributed by atoms with van der Waals surface area (Å²) in [6.45, 7) is 4.96. The highest BCUT2D eigenvalue weighted by molar-refractivity contribution is 5.91. The monoisotopic (exact) mass is 405 g/mol. The number of benzene rings is 2. The molecule has 2 heterocycles. The van der Waals surface area contributed by atoms with Crippen molar-refractivity contribution in [1.82, 2.24) is 10.2 Å². The summed E-state index contributed by atoms with van der Waals surface area (Å²) in [6, 6.07) is 21.7. The smallest absolute Gasteiger partial charge is 0.287 e. The molecule has 6 nitrogen and oxygen atoms in total. The van der Waals surface area contributed by atoms with Crippen LogP contribution >= 0.6 is 0 Å². The van der Waals surface area contributed by atoms with Crippen LogP contribution in [0.15, 0.2) is 71.1 Å². The maximum atomic E-state index is 12.3. The van der Waals surface area contributed by atoms with Crippen molar-refractivity contribution in [1.29, 1.82) is 0 Å². The van der Waals surface area contributed by atoms with Crippen LogP contribution in [0.4, 0.5) is 5.69 Å². The molecule has 1 aromatic heterocycles. The molecule has 2 aromatic carbocycles. The molecule has 3 aromatic rings.